The van der Waals surface area contributed by atoms with Gasteiger partial charge in [-0.3, -0.25) is 4.79 Å². The maximum absolute atomic E-state index is 10.9. The fourth-order valence-electron chi connectivity index (χ4n) is 1.63. The molecule has 0 spiro atoms. The molecule has 0 aromatic heterocycles. The Morgan fingerprint density at radius 2 is 1.56 bits per heavy atom. The van der Waals surface area contributed by atoms with E-state index in [0.29, 0.717) is 43.1 Å². The zero-order valence-electron chi connectivity index (χ0n) is 8.88. The maximum Gasteiger partial charge on any atom is 0.151 e. The summed E-state index contributed by atoms with van der Waals surface area (Å²) < 4.78 is 0. The van der Waals surface area contributed by atoms with Crippen molar-refractivity contribution in [3.05, 3.63) is 56.0 Å². The number of halogens is 4. The van der Waals surface area contributed by atoms with Crippen LogP contribution in [0.4, 0.5) is 0 Å². The van der Waals surface area contributed by atoms with Crippen molar-refractivity contribution in [1.82, 2.24) is 0 Å². The maximum atomic E-state index is 10.9. The third-order valence-electron chi connectivity index (χ3n) is 2.43. The topological polar surface area (TPSA) is 17.1 Å². The average Bonchev–Trinajstić information content (AvgIpc) is 2.30. The number of hydrogen-bond acceptors (Lipinski definition) is 1. The van der Waals surface area contributed by atoms with Crippen molar-refractivity contribution in [2.24, 2.45) is 0 Å². The van der Waals surface area contributed by atoms with Crippen LogP contribution in [0.3, 0.4) is 0 Å². The first kappa shape index (κ1) is 13.7. The molecule has 0 fully saturated rings. The molecule has 92 valence electrons. The average molecular weight is 320 g/mol. The molecule has 0 radical (unpaired) electrons. The molecular weight excluding hydrogens is 314 g/mol. The standard InChI is InChI=1S/C13H6Cl4O/c14-8-4-10(15)12(11(16)5-8)9-3-1-2-7(6-18)13(9)17/h1-6H. The van der Waals surface area contributed by atoms with E-state index in [9.17, 15) is 4.79 Å². The summed E-state index contributed by atoms with van der Waals surface area (Å²) in [6.45, 7) is 0. The first-order valence-corrected chi connectivity index (χ1v) is 6.44. The van der Waals surface area contributed by atoms with Crippen LogP contribution in [0.2, 0.25) is 20.1 Å². The van der Waals surface area contributed by atoms with E-state index in [4.69, 9.17) is 46.4 Å². The van der Waals surface area contributed by atoms with Gasteiger partial charge < -0.3 is 0 Å². The summed E-state index contributed by atoms with van der Waals surface area (Å²) in [6, 6.07) is 8.24. The number of carbonyl (C=O) groups excluding carboxylic acids is 1. The lowest BCUT2D eigenvalue weighted by Gasteiger charge is -2.10. The van der Waals surface area contributed by atoms with Crippen molar-refractivity contribution in [2.45, 2.75) is 0 Å². The van der Waals surface area contributed by atoms with Crippen LogP contribution in [0.25, 0.3) is 11.1 Å². The second-order valence-corrected chi connectivity index (χ2v) is 5.20. The predicted molar refractivity (Wildman–Crippen MR) is 77.3 cm³/mol. The highest BCUT2D eigenvalue weighted by molar-refractivity contribution is 6.43. The lowest BCUT2D eigenvalue weighted by molar-refractivity contribution is 0.112. The van der Waals surface area contributed by atoms with Gasteiger partial charge in [-0.05, 0) is 12.1 Å². The van der Waals surface area contributed by atoms with E-state index in [1.807, 2.05) is 0 Å². The molecule has 0 saturated heterocycles. The summed E-state index contributed by atoms with van der Waals surface area (Å²) >= 11 is 24.2. The van der Waals surface area contributed by atoms with Gasteiger partial charge in [0, 0.05) is 21.7 Å². The second-order valence-electron chi connectivity index (χ2n) is 3.57. The summed E-state index contributed by atoms with van der Waals surface area (Å²) in [6.07, 6.45) is 0.684. The van der Waals surface area contributed by atoms with Gasteiger partial charge in [-0.1, -0.05) is 64.6 Å². The molecule has 0 aliphatic carbocycles. The number of carbonyl (C=O) groups is 1. The highest BCUT2D eigenvalue weighted by Gasteiger charge is 2.14. The van der Waals surface area contributed by atoms with Gasteiger partial charge in [0.15, 0.2) is 6.29 Å². The van der Waals surface area contributed by atoms with Gasteiger partial charge >= 0.3 is 0 Å². The highest BCUT2D eigenvalue weighted by atomic mass is 35.5. The molecule has 0 N–H and O–H groups in total. The lowest BCUT2D eigenvalue weighted by Crippen LogP contribution is -1.88. The Morgan fingerprint density at radius 1 is 0.944 bits per heavy atom. The van der Waals surface area contributed by atoms with Gasteiger partial charge in [-0.25, -0.2) is 0 Å². The molecule has 0 aliphatic rings. The molecule has 18 heavy (non-hydrogen) atoms. The van der Waals surface area contributed by atoms with Crippen LogP contribution < -0.4 is 0 Å². The Hall–Kier alpha value is -0.730. The largest absolute Gasteiger partial charge is 0.298 e. The minimum Gasteiger partial charge on any atom is -0.298 e. The van der Waals surface area contributed by atoms with E-state index in [1.165, 1.54) is 0 Å². The Balaban J connectivity index is 2.73. The Labute approximate surface area is 124 Å². The van der Waals surface area contributed by atoms with Crippen LogP contribution in [0.1, 0.15) is 10.4 Å². The lowest BCUT2D eigenvalue weighted by atomic mass is 10.0. The molecule has 2 aromatic carbocycles. The summed E-state index contributed by atoms with van der Waals surface area (Å²) in [7, 11) is 0. The second kappa shape index (κ2) is 5.50. The number of aldehydes is 1. The van der Waals surface area contributed by atoms with E-state index in [-0.39, 0.29) is 0 Å². The van der Waals surface area contributed by atoms with E-state index in [0.717, 1.165) is 0 Å². The first-order chi connectivity index (χ1) is 8.54. The molecule has 0 saturated carbocycles. The normalized spacial score (nSPS) is 10.4. The predicted octanol–water partition coefficient (Wildman–Crippen LogP) is 5.78. The molecule has 0 bridgehead atoms. The molecule has 0 heterocycles. The van der Waals surface area contributed by atoms with Gasteiger partial charge in [0.1, 0.15) is 0 Å². The number of hydrogen-bond donors (Lipinski definition) is 0. The first-order valence-electron chi connectivity index (χ1n) is 4.93. The van der Waals surface area contributed by atoms with Gasteiger partial charge in [0.05, 0.1) is 15.1 Å². The molecule has 2 aromatic rings. The molecular formula is C13H6Cl4O. The molecule has 0 aliphatic heterocycles. The zero-order valence-corrected chi connectivity index (χ0v) is 11.9. The SMILES string of the molecule is O=Cc1cccc(-c2c(Cl)cc(Cl)cc2Cl)c1Cl. The highest BCUT2D eigenvalue weighted by Crippen LogP contribution is 2.40. The summed E-state index contributed by atoms with van der Waals surface area (Å²) in [5, 5.41) is 1.53. The van der Waals surface area contributed by atoms with Crippen LogP contribution >= 0.6 is 46.4 Å². The Bertz CT molecular complexity index is 599. The minimum atomic E-state index is 0.318. The smallest absolute Gasteiger partial charge is 0.151 e. The van der Waals surface area contributed by atoms with Crippen LogP contribution in [0.15, 0.2) is 30.3 Å². The van der Waals surface area contributed by atoms with E-state index in [2.05, 4.69) is 0 Å². The van der Waals surface area contributed by atoms with Crippen molar-refractivity contribution in [3.63, 3.8) is 0 Å². The van der Waals surface area contributed by atoms with Crippen LogP contribution in [0.5, 0.6) is 0 Å². The Morgan fingerprint density at radius 3 is 2.11 bits per heavy atom. The number of rotatable bonds is 2. The van der Waals surface area contributed by atoms with Crippen molar-refractivity contribution >= 4 is 52.7 Å². The molecule has 5 heteroatoms. The Kier molecular flexibility index (Phi) is 4.18. The molecule has 2 rings (SSSR count). The molecule has 0 atom stereocenters. The van der Waals surface area contributed by atoms with Gasteiger partial charge in [0.2, 0.25) is 0 Å². The summed E-state index contributed by atoms with van der Waals surface area (Å²) in [5.74, 6) is 0. The van der Waals surface area contributed by atoms with Crippen molar-refractivity contribution in [2.75, 3.05) is 0 Å². The van der Waals surface area contributed by atoms with Gasteiger partial charge in [0.25, 0.3) is 0 Å². The quantitative estimate of drug-likeness (QED) is 0.641. The van der Waals surface area contributed by atoms with E-state index >= 15 is 0 Å². The zero-order chi connectivity index (χ0) is 13.3. The summed E-state index contributed by atoms with van der Waals surface area (Å²) in [5.41, 5.74) is 1.56. The summed E-state index contributed by atoms with van der Waals surface area (Å²) in [4.78, 5) is 10.9. The third-order valence-corrected chi connectivity index (χ3v) is 3.67. The van der Waals surface area contributed by atoms with Crippen LogP contribution in [-0.2, 0) is 0 Å². The molecule has 1 nitrogen and oxygen atoms in total. The molecule has 0 unspecified atom stereocenters. The molecule has 0 amide bonds. The van der Waals surface area contributed by atoms with Crippen LogP contribution in [0, 0.1) is 0 Å². The fourth-order valence-corrected chi connectivity index (χ4v) is 2.92. The van der Waals surface area contributed by atoms with Crippen molar-refractivity contribution in [3.8, 4) is 11.1 Å². The number of benzene rings is 2. The van der Waals surface area contributed by atoms with Gasteiger partial charge in [-0.15, -0.1) is 0 Å². The van der Waals surface area contributed by atoms with Crippen molar-refractivity contribution < 1.29 is 4.79 Å². The van der Waals surface area contributed by atoms with Crippen LogP contribution in [-0.4, -0.2) is 6.29 Å². The fraction of sp³-hybridized carbons (Fsp3) is 0. The van der Waals surface area contributed by atoms with E-state index < -0.39 is 0 Å². The minimum absolute atomic E-state index is 0.318. The van der Waals surface area contributed by atoms with Gasteiger partial charge in [-0.2, -0.15) is 0 Å². The van der Waals surface area contributed by atoms with Crippen molar-refractivity contribution in [1.29, 1.82) is 0 Å². The monoisotopic (exact) mass is 318 g/mol. The third kappa shape index (κ3) is 2.50. The van der Waals surface area contributed by atoms with E-state index in [1.54, 1.807) is 30.3 Å².